The second-order valence-electron chi connectivity index (χ2n) is 3.65. The smallest absolute Gasteiger partial charge is 0.138 e. The van der Waals surface area contributed by atoms with Crippen LogP contribution in [-0.4, -0.2) is 10.7 Å². The molecule has 0 fully saturated rings. The summed E-state index contributed by atoms with van der Waals surface area (Å²) < 4.78 is 13.5. The first kappa shape index (κ1) is 12.4. The summed E-state index contributed by atoms with van der Waals surface area (Å²) >= 11 is 3.16. The van der Waals surface area contributed by atoms with Crippen molar-refractivity contribution in [3.05, 3.63) is 40.1 Å². The average Bonchev–Trinajstić information content (AvgIpc) is 2.68. The average molecular weight is 268 g/mol. The number of rotatable bonds is 4. The zero-order valence-corrected chi connectivity index (χ0v) is 11.1. The number of nitrogens with two attached hydrogens (primary N) is 1. The van der Waals surface area contributed by atoms with Gasteiger partial charge in [0.05, 0.1) is 11.2 Å². The van der Waals surface area contributed by atoms with Gasteiger partial charge < -0.3 is 5.73 Å². The first-order valence-corrected chi connectivity index (χ1v) is 7.10. The van der Waals surface area contributed by atoms with Gasteiger partial charge in [-0.15, -0.1) is 23.1 Å². The van der Waals surface area contributed by atoms with Crippen LogP contribution >= 0.6 is 23.1 Å². The standard InChI is InChI=1S/C12H13FN2S2/c1-8-11(17-7-15-8)4-5-16-12-3-2-9(14)6-10(12)13/h2-3,6-7H,4-5,14H2,1H3. The second-order valence-corrected chi connectivity index (χ2v) is 5.73. The molecule has 0 unspecified atom stereocenters. The number of nitrogen functional groups attached to an aromatic ring is 1. The molecular formula is C12H13FN2S2. The van der Waals surface area contributed by atoms with Gasteiger partial charge in [-0.05, 0) is 31.5 Å². The quantitative estimate of drug-likeness (QED) is 0.681. The maximum absolute atomic E-state index is 13.5. The molecule has 2 aromatic rings. The van der Waals surface area contributed by atoms with Crippen LogP contribution in [0.5, 0.6) is 0 Å². The lowest BCUT2D eigenvalue weighted by Crippen LogP contribution is -1.91. The minimum absolute atomic E-state index is 0.240. The highest BCUT2D eigenvalue weighted by Crippen LogP contribution is 2.25. The number of hydrogen-bond donors (Lipinski definition) is 1. The van der Waals surface area contributed by atoms with E-state index in [0.717, 1.165) is 17.9 Å². The van der Waals surface area contributed by atoms with Crippen LogP contribution in [0, 0.1) is 12.7 Å². The molecule has 0 radical (unpaired) electrons. The molecular weight excluding hydrogens is 255 g/mol. The summed E-state index contributed by atoms with van der Waals surface area (Å²) in [5.41, 5.74) is 8.88. The van der Waals surface area contributed by atoms with E-state index in [1.165, 1.54) is 22.7 Å². The van der Waals surface area contributed by atoms with Gasteiger partial charge in [-0.25, -0.2) is 9.37 Å². The molecule has 1 heterocycles. The van der Waals surface area contributed by atoms with E-state index in [1.54, 1.807) is 23.5 Å². The predicted octanol–water partition coefficient (Wildman–Crippen LogP) is 3.51. The molecule has 2 nitrogen and oxygen atoms in total. The molecule has 1 aromatic heterocycles. The van der Waals surface area contributed by atoms with Crippen molar-refractivity contribution in [1.82, 2.24) is 4.98 Å². The van der Waals surface area contributed by atoms with Gasteiger partial charge in [0.25, 0.3) is 0 Å². The lowest BCUT2D eigenvalue weighted by atomic mass is 10.3. The third kappa shape index (κ3) is 3.20. The van der Waals surface area contributed by atoms with Crippen LogP contribution in [0.3, 0.4) is 0 Å². The SMILES string of the molecule is Cc1ncsc1CCSc1ccc(N)cc1F. The van der Waals surface area contributed by atoms with E-state index in [4.69, 9.17) is 5.73 Å². The van der Waals surface area contributed by atoms with E-state index in [2.05, 4.69) is 4.98 Å². The van der Waals surface area contributed by atoms with E-state index in [-0.39, 0.29) is 5.82 Å². The first-order chi connectivity index (χ1) is 8.16. The van der Waals surface area contributed by atoms with Gasteiger partial charge in [0.1, 0.15) is 5.82 Å². The van der Waals surface area contributed by atoms with Crippen LogP contribution in [-0.2, 0) is 6.42 Å². The van der Waals surface area contributed by atoms with Gasteiger partial charge in [0.2, 0.25) is 0 Å². The van der Waals surface area contributed by atoms with Crippen molar-refractivity contribution in [3.8, 4) is 0 Å². The summed E-state index contributed by atoms with van der Waals surface area (Å²) in [6.07, 6.45) is 0.922. The fourth-order valence-electron chi connectivity index (χ4n) is 1.45. The molecule has 2 rings (SSSR count). The van der Waals surface area contributed by atoms with Crippen molar-refractivity contribution in [1.29, 1.82) is 0 Å². The molecule has 0 amide bonds. The number of anilines is 1. The van der Waals surface area contributed by atoms with Gasteiger partial charge in [0.15, 0.2) is 0 Å². The number of aromatic nitrogens is 1. The van der Waals surface area contributed by atoms with Gasteiger partial charge in [-0.3, -0.25) is 0 Å². The van der Waals surface area contributed by atoms with Crippen LogP contribution in [0.4, 0.5) is 10.1 Å². The van der Waals surface area contributed by atoms with Crippen LogP contribution in [0.1, 0.15) is 10.6 Å². The number of thiazole rings is 1. The molecule has 1 aromatic carbocycles. The minimum atomic E-state index is -0.240. The molecule has 0 aliphatic rings. The van der Waals surface area contributed by atoms with E-state index >= 15 is 0 Å². The van der Waals surface area contributed by atoms with Crippen LogP contribution in [0.15, 0.2) is 28.6 Å². The molecule has 2 N–H and O–H groups in total. The van der Waals surface area contributed by atoms with Crippen molar-refractivity contribution in [2.75, 3.05) is 11.5 Å². The Kier molecular flexibility index (Phi) is 4.02. The van der Waals surface area contributed by atoms with Crippen LogP contribution in [0.25, 0.3) is 0 Å². The molecule has 90 valence electrons. The van der Waals surface area contributed by atoms with E-state index in [9.17, 15) is 4.39 Å². The summed E-state index contributed by atoms with van der Waals surface area (Å²) in [6.45, 7) is 2.00. The van der Waals surface area contributed by atoms with Gasteiger partial charge in [-0.2, -0.15) is 0 Å². The van der Waals surface area contributed by atoms with Crippen molar-refractivity contribution < 1.29 is 4.39 Å². The second kappa shape index (κ2) is 5.51. The zero-order chi connectivity index (χ0) is 12.3. The lowest BCUT2D eigenvalue weighted by Gasteiger charge is -2.03. The van der Waals surface area contributed by atoms with Crippen LogP contribution < -0.4 is 5.73 Å². The number of thioether (sulfide) groups is 1. The van der Waals surface area contributed by atoms with Crippen molar-refractivity contribution in [2.45, 2.75) is 18.2 Å². The highest BCUT2D eigenvalue weighted by Gasteiger charge is 2.05. The first-order valence-electron chi connectivity index (χ1n) is 5.23. The summed E-state index contributed by atoms with van der Waals surface area (Å²) in [4.78, 5) is 6.12. The van der Waals surface area contributed by atoms with E-state index in [0.29, 0.717) is 10.6 Å². The van der Waals surface area contributed by atoms with Crippen molar-refractivity contribution >= 4 is 28.8 Å². The monoisotopic (exact) mass is 268 g/mol. The Balaban J connectivity index is 1.92. The van der Waals surface area contributed by atoms with E-state index in [1.807, 2.05) is 12.4 Å². The maximum Gasteiger partial charge on any atom is 0.138 e. The predicted molar refractivity (Wildman–Crippen MR) is 72.1 cm³/mol. The normalized spacial score (nSPS) is 10.7. The number of nitrogens with zero attached hydrogens (tertiary/aromatic N) is 1. The molecule has 17 heavy (non-hydrogen) atoms. The highest BCUT2D eigenvalue weighted by molar-refractivity contribution is 7.99. The lowest BCUT2D eigenvalue weighted by molar-refractivity contribution is 0.603. The third-order valence-corrected chi connectivity index (χ3v) is 4.43. The van der Waals surface area contributed by atoms with E-state index < -0.39 is 0 Å². The van der Waals surface area contributed by atoms with Gasteiger partial charge in [-0.1, -0.05) is 0 Å². The van der Waals surface area contributed by atoms with Gasteiger partial charge in [0, 0.05) is 21.2 Å². The molecule has 0 saturated heterocycles. The fraction of sp³-hybridized carbons (Fsp3) is 0.250. The summed E-state index contributed by atoms with van der Waals surface area (Å²) in [6, 6.07) is 4.82. The summed E-state index contributed by atoms with van der Waals surface area (Å²) in [7, 11) is 0. The Bertz CT molecular complexity index is 511. The Morgan fingerprint density at radius 2 is 2.29 bits per heavy atom. The largest absolute Gasteiger partial charge is 0.399 e. The summed E-state index contributed by atoms with van der Waals surface area (Å²) in [5.74, 6) is 0.611. The Labute approximate surface area is 108 Å². The Morgan fingerprint density at radius 3 is 2.94 bits per heavy atom. The molecule has 0 saturated carbocycles. The van der Waals surface area contributed by atoms with Crippen molar-refractivity contribution in [2.24, 2.45) is 0 Å². The fourth-order valence-corrected chi connectivity index (χ4v) is 3.25. The van der Waals surface area contributed by atoms with Gasteiger partial charge >= 0.3 is 0 Å². The molecule has 5 heteroatoms. The molecule has 0 atom stereocenters. The zero-order valence-electron chi connectivity index (χ0n) is 9.44. The molecule has 0 bridgehead atoms. The summed E-state index contributed by atoms with van der Waals surface area (Å²) in [5, 5.41) is 0. The molecule has 0 aliphatic carbocycles. The highest BCUT2D eigenvalue weighted by atomic mass is 32.2. The number of benzene rings is 1. The Morgan fingerprint density at radius 1 is 1.47 bits per heavy atom. The minimum Gasteiger partial charge on any atom is -0.399 e. The topological polar surface area (TPSA) is 38.9 Å². The van der Waals surface area contributed by atoms with Crippen LogP contribution in [0.2, 0.25) is 0 Å². The number of aryl methyl sites for hydroxylation is 2. The third-order valence-electron chi connectivity index (χ3n) is 2.39. The number of halogens is 1. The Hall–Kier alpha value is -1.07. The number of hydrogen-bond acceptors (Lipinski definition) is 4. The molecule has 0 spiro atoms. The molecule has 0 aliphatic heterocycles. The van der Waals surface area contributed by atoms with Crippen molar-refractivity contribution in [3.63, 3.8) is 0 Å². The maximum atomic E-state index is 13.5.